The average molecular weight is 156 g/mol. The van der Waals surface area contributed by atoms with E-state index in [9.17, 15) is 9.59 Å². The molecule has 1 saturated heterocycles. The van der Waals surface area contributed by atoms with E-state index < -0.39 is 0 Å². The fourth-order valence-corrected chi connectivity index (χ4v) is 1.17. The van der Waals surface area contributed by atoms with Crippen LogP contribution >= 0.6 is 0 Å². The molecule has 0 aromatic heterocycles. The van der Waals surface area contributed by atoms with E-state index in [1.165, 1.54) is 6.92 Å². The van der Waals surface area contributed by atoms with Gasteiger partial charge >= 0.3 is 0 Å². The quantitative estimate of drug-likeness (QED) is 0.533. The van der Waals surface area contributed by atoms with Gasteiger partial charge in [-0.3, -0.25) is 14.9 Å². The first-order chi connectivity index (χ1) is 5.20. The summed E-state index contributed by atoms with van der Waals surface area (Å²) >= 11 is 0. The van der Waals surface area contributed by atoms with Gasteiger partial charge in [0.05, 0.1) is 6.04 Å². The lowest BCUT2D eigenvalue weighted by Crippen LogP contribution is -2.42. The summed E-state index contributed by atoms with van der Waals surface area (Å²) in [4.78, 5) is 21.5. The molecule has 0 aromatic carbocycles. The summed E-state index contributed by atoms with van der Waals surface area (Å²) in [5, 5.41) is 5.24. The number of hydrogen-bond acceptors (Lipinski definition) is 3. The predicted molar refractivity (Wildman–Crippen MR) is 39.8 cm³/mol. The molecule has 4 nitrogen and oxygen atoms in total. The van der Waals surface area contributed by atoms with Crippen LogP contribution in [0.4, 0.5) is 0 Å². The molecule has 0 radical (unpaired) electrons. The molecule has 4 heteroatoms. The van der Waals surface area contributed by atoms with Crippen LogP contribution in [0.2, 0.25) is 0 Å². The first-order valence-corrected chi connectivity index (χ1v) is 3.75. The molecule has 1 heterocycles. The van der Waals surface area contributed by atoms with Gasteiger partial charge in [0.2, 0.25) is 11.8 Å². The van der Waals surface area contributed by atoms with Crippen molar-refractivity contribution in [3.8, 4) is 0 Å². The van der Waals surface area contributed by atoms with Gasteiger partial charge in [-0.05, 0) is 19.4 Å². The summed E-state index contributed by atoms with van der Waals surface area (Å²) in [5.41, 5.74) is 0. The Morgan fingerprint density at radius 2 is 2.27 bits per heavy atom. The Bertz CT molecular complexity index is 173. The normalized spacial score (nSPS) is 23.2. The number of carbonyl (C=O) groups is 2. The van der Waals surface area contributed by atoms with Crippen LogP contribution in [0.25, 0.3) is 0 Å². The van der Waals surface area contributed by atoms with Crippen molar-refractivity contribution in [1.82, 2.24) is 10.6 Å². The van der Waals surface area contributed by atoms with Gasteiger partial charge in [-0.15, -0.1) is 0 Å². The van der Waals surface area contributed by atoms with Crippen LogP contribution in [0.1, 0.15) is 19.8 Å². The number of carbonyl (C=O) groups excluding carboxylic acids is 2. The van der Waals surface area contributed by atoms with Gasteiger partial charge in [-0.1, -0.05) is 0 Å². The molecule has 62 valence electrons. The summed E-state index contributed by atoms with van der Waals surface area (Å²) in [7, 11) is 0. The minimum absolute atomic E-state index is 0.154. The van der Waals surface area contributed by atoms with Gasteiger partial charge in [0, 0.05) is 6.92 Å². The Balaban J connectivity index is 2.34. The fourth-order valence-electron chi connectivity index (χ4n) is 1.17. The van der Waals surface area contributed by atoms with Crippen LogP contribution < -0.4 is 10.6 Å². The minimum Gasteiger partial charge on any atom is -0.306 e. The number of imide groups is 1. The summed E-state index contributed by atoms with van der Waals surface area (Å²) in [6.07, 6.45) is 1.84. The van der Waals surface area contributed by atoms with Gasteiger partial charge in [-0.25, -0.2) is 0 Å². The van der Waals surface area contributed by atoms with Gasteiger partial charge in [-0.2, -0.15) is 0 Å². The number of hydrogen-bond donors (Lipinski definition) is 2. The van der Waals surface area contributed by atoms with Gasteiger partial charge in [0.1, 0.15) is 0 Å². The number of nitrogens with one attached hydrogen (secondary N) is 2. The molecule has 2 amide bonds. The Morgan fingerprint density at radius 3 is 2.73 bits per heavy atom. The minimum atomic E-state index is -0.288. The van der Waals surface area contributed by atoms with Crippen LogP contribution in [0.3, 0.4) is 0 Å². The second-order valence-electron chi connectivity index (χ2n) is 2.69. The van der Waals surface area contributed by atoms with E-state index in [1.807, 2.05) is 0 Å². The van der Waals surface area contributed by atoms with Crippen LogP contribution in [-0.4, -0.2) is 24.4 Å². The van der Waals surface area contributed by atoms with Crippen molar-refractivity contribution in [2.45, 2.75) is 25.8 Å². The highest BCUT2D eigenvalue weighted by Gasteiger charge is 2.22. The molecule has 0 unspecified atom stereocenters. The van der Waals surface area contributed by atoms with Crippen molar-refractivity contribution in [3.05, 3.63) is 0 Å². The van der Waals surface area contributed by atoms with E-state index in [4.69, 9.17) is 0 Å². The molecular weight excluding hydrogens is 144 g/mol. The summed E-state index contributed by atoms with van der Waals surface area (Å²) < 4.78 is 0. The highest BCUT2D eigenvalue weighted by Crippen LogP contribution is 2.03. The molecule has 0 aliphatic carbocycles. The lowest BCUT2D eigenvalue weighted by Gasteiger charge is -2.07. The van der Waals surface area contributed by atoms with Crippen LogP contribution in [0, 0.1) is 0 Å². The summed E-state index contributed by atoms with van der Waals surface area (Å²) in [5.74, 6) is -0.487. The van der Waals surface area contributed by atoms with Crippen LogP contribution in [0.15, 0.2) is 0 Å². The second kappa shape index (κ2) is 3.48. The van der Waals surface area contributed by atoms with E-state index in [1.54, 1.807) is 0 Å². The third-order valence-electron chi connectivity index (χ3n) is 1.68. The lowest BCUT2D eigenvalue weighted by atomic mass is 10.2. The van der Waals surface area contributed by atoms with Crippen molar-refractivity contribution in [1.29, 1.82) is 0 Å². The highest BCUT2D eigenvalue weighted by atomic mass is 16.2. The van der Waals surface area contributed by atoms with Crippen molar-refractivity contribution in [2.24, 2.45) is 0 Å². The Hall–Kier alpha value is -0.900. The number of amides is 2. The molecule has 1 rings (SSSR count). The summed E-state index contributed by atoms with van der Waals surface area (Å²) in [6.45, 7) is 2.21. The average Bonchev–Trinajstić information content (AvgIpc) is 2.35. The second-order valence-corrected chi connectivity index (χ2v) is 2.69. The Morgan fingerprint density at radius 1 is 1.55 bits per heavy atom. The zero-order valence-corrected chi connectivity index (χ0v) is 6.52. The summed E-state index contributed by atoms with van der Waals surface area (Å²) in [6, 6.07) is -0.154. The molecule has 1 aliphatic heterocycles. The molecule has 1 atom stereocenters. The third kappa shape index (κ3) is 2.31. The monoisotopic (exact) mass is 156 g/mol. The fraction of sp³-hybridized carbons (Fsp3) is 0.714. The zero-order valence-electron chi connectivity index (χ0n) is 6.52. The molecule has 1 fully saturated rings. The van der Waals surface area contributed by atoms with E-state index in [0.717, 1.165) is 19.4 Å². The standard InChI is InChI=1S/C7H12N2O2/c1-5(10)9-7(11)6-3-2-4-8-6/h6,8H,2-4H2,1H3,(H,9,10,11)/t6-/m0/s1. The molecule has 2 N–H and O–H groups in total. The van der Waals surface area contributed by atoms with Crippen molar-refractivity contribution in [3.63, 3.8) is 0 Å². The van der Waals surface area contributed by atoms with Crippen molar-refractivity contribution < 1.29 is 9.59 Å². The molecule has 11 heavy (non-hydrogen) atoms. The van der Waals surface area contributed by atoms with Gasteiger partial charge in [0.25, 0.3) is 0 Å². The van der Waals surface area contributed by atoms with Crippen molar-refractivity contribution in [2.75, 3.05) is 6.54 Å². The molecule has 0 aromatic rings. The largest absolute Gasteiger partial charge is 0.306 e. The maximum Gasteiger partial charge on any atom is 0.243 e. The molecule has 1 aliphatic rings. The van der Waals surface area contributed by atoms with E-state index in [0.29, 0.717) is 0 Å². The Labute approximate surface area is 65.3 Å². The van der Waals surface area contributed by atoms with Crippen LogP contribution in [0.5, 0.6) is 0 Å². The smallest absolute Gasteiger partial charge is 0.243 e. The van der Waals surface area contributed by atoms with Gasteiger partial charge in [0.15, 0.2) is 0 Å². The van der Waals surface area contributed by atoms with Crippen molar-refractivity contribution >= 4 is 11.8 Å². The van der Waals surface area contributed by atoms with Crippen LogP contribution in [-0.2, 0) is 9.59 Å². The van der Waals surface area contributed by atoms with E-state index >= 15 is 0 Å². The SMILES string of the molecule is CC(=O)NC(=O)[C@@H]1CCCN1. The van der Waals surface area contributed by atoms with Gasteiger partial charge < -0.3 is 5.32 Å². The molecule has 0 spiro atoms. The Kier molecular flexibility index (Phi) is 2.59. The predicted octanol–water partition coefficient (Wildman–Crippen LogP) is -0.599. The highest BCUT2D eigenvalue weighted by molar-refractivity contribution is 5.96. The molecule has 0 bridgehead atoms. The van der Waals surface area contributed by atoms with E-state index in [-0.39, 0.29) is 17.9 Å². The molecular formula is C7H12N2O2. The first kappa shape index (κ1) is 8.20. The maximum atomic E-state index is 11.1. The molecule has 0 saturated carbocycles. The topological polar surface area (TPSA) is 58.2 Å². The maximum absolute atomic E-state index is 11.1. The number of rotatable bonds is 1. The lowest BCUT2D eigenvalue weighted by molar-refractivity contribution is -0.130. The zero-order chi connectivity index (χ0) is 8.27. The first-order valence-electron chi connectivity index (χ1n) is 3.75. The third-order valence-corrected chi connectivity index (χ3v) is 1.68. The van der Waals surface area contributed by atoms with E-state index in [2.05, 4.69) is 10.6 Å².